The summed E-state index contributed by atoms with van der Waals surface area (Å²) in [7, 11) is 0. The summed E-state index contributed by atoms with van der Waals surface area (Å²) in [6.45, 7) is 5.24. The van der Waals surface area contributed by atoms with Crippen molar-refractivity contribution in [1.29, 1.82) is 0 Å². The number of allylic oxidation sites excluding steroid dienone is 10. The van der Waals surface area contributed by atoms with Gasteiger partial charge in [0.15, 0.2) is 0 Å². The van der Waals surface area contributed by atoms with E-state index in [-0.39, 0.29) is 0 Å². The summed E-state index contributed by atoms with van der Waals surface area (Å²) in [6, 6.07) is 10.0. The van der Waals surface area contributed by atoms with Crippen LogP contribution in [-0.4, -0.2) is 0 Å². The maximum Gasteiger partial charge on any atom is 0.00347 e. The van der Waals surface area contributed by atoms with Crippen LogP contribution in [0, 0.1) is 40.9 Å². The molecule has 268 valence electrons. The average Bonchev–Trinajstić information content (AvgIpc) is 3.17. The fourth-order valence-corrected chi connectivity index (χ4v) is 13.8. The van der Waals surface area contributed by atoms with Gasteiger partial charge in [-0.25, -0.2) is 0 Å². The number of hydrogen-bond acceptors (Lipinski definition) is 0. The van der Waals surface area contributed by atoms with Crippen molar-refractivity contribution < 1.29 is 0 Å². The first-order chi connectivity index (χ1) is 24.6. The minimum absolute atomic E-state index is 0.392. The van der Waals surface area contributed by atoms with Crippen LogP contribution in [0.2, 0.25) is 0 Å². The van der Waals surface area contributed by atoms with Gasteiger partial charge in [-0.1, -0.05) is 125 Å². The van der Waals surface area contributed by atoms with Gasteiger partial charge in [0.1, 0.15) is 0 Å². The first-order valence-electron chi connectivity index (χ1n) is 22.3. The summed E-state index contributed by atoms with van der Waals surface area (Å²) < 4.78 is 0. The number of hydrogen-bond donors (Lipinski definition) is 0. The molecule has 0 bridgehead atoms. The predicted octanol–water partition coefficient (Wildman–Crippen LogP) is 14.8. The molecule has 0 saturated heterocycles. The molecule has 0 heterocycles. The van der Waals surface area contributed by atoms with E-state index in [1.54, 1.807) is 16.7 Å². The standard InChI is InChI=1S/C50H68/c1-34(41-21-8-9-22-42(41)48(36-17-4-3-5-18-36)38-28-27-35-16-6-7-19-37(35)32-38)47-43-23-10-12-25-45(43)49(46-26-13-11-24-44(46)47)39-29-31-50(2)30-15-14-20-40(50)33-39/h8-9,21-22,29,31,33-35,37-38,40,43,45H,3-7,10-20,23-28,30,32H2,1-2H3. The molecule has 0 radical (unpaired) electrons. The summed E-state index contributed by atoms with van der Waals surface area (Å²) in [4.78, 5) is 0. The molecule has 0 amide bonds. The Morgan fingerprint density at radius 3 is 2.26 bits per heavy atom. The van der Waals surface area contributed by atoms with Gasteiger partial charge >= 0.3 is 0 Å². The highest BCUT2D eigenvalue weighted by Gasteiger charge is 2.44. The lowest BCUT2D eigenvalue weighted by molar-refractivity contribution is 0.149. The van der Waals surface area contributed by atoms with Crippen LogP contribution >= 0.6 is 0 Å². The molecule has 50 heavy (non-hydrogen) atoms. The van der Waals surface area contributed by atoms with E-state index in [1.807, 2.05) is 33.4 Å². The zero-order chi connectivity index (χ0) is 33.7. The molecule has 0 nitrogen and oxygen atoms in total. The third-order valence-corrected chi connectivity index (χ3v) is 16.3. The highest BCUT2D eigenvalue weighted by molar-refractivity contribution is 5.74. The van der Waals surface area contributed by atoms with Crippen molar-refractivity contribution in [2.75, 3.05) is 0 Å². The third kappa shape index (κ3) is 6.13. The maximum absolute atomic E-state index is 2.81. The molecular formula is C50H68. The lowest BCUT2D eigenvalue weighted by Crippen LogP contribution is -2.34. The Morgan fingerprint density at radius 1 is 0.680 bits per heavy atom. The topological polar surface area (TPSA) is 0 Å². The second-order valence-corrected chi connectivity index (χ2v) is 19.0. The second-order valence-electron chi connectivity index (χ2n) is 19.0. The number of rotatable bonds is 5. The maximum atomic E-state index is 2.81. The fourth-order valence-electron chi connectivity index (χ4n) is 13.8. The molecule has 0 spiro atoms. The third-order valence-electron chi connectivity index (χ3n) is 16.3. The van der Waals surface area contributed by atoms with E-state index in [4.69, 9.17) is 0 Å². The van der Waals surface area contributed by atoms with Gasteiger partial charge in [-0.3, -0.25) is 0 Å². The van der Waals surface area contributed by atoms with Gasteiger partial charge in [-0.2, -0.15) is 0 Å². The molecule has 1 aromatic carbocycles. The molecule has 6 saturated carbocycles. The Balaban J connectivity index is 1.14. The van der Waals surface area contributed by atoms with Gasteiger partial charge in [0.25, 0.3) is 0 Å². The first kappa shape index (κ1) is 33.7. The van der Waals surface area contributed by atoms with Gasteiger partial charge in [-0.05, 0) is 176 Å². The fraction of sp³-hybridized carbons (Fsp3) is 0.680. The zero-order valence-corrected chi connectivity index (χ0v) is 32.1. The van der Waals surface area contributed by atoms with E-state index in [0.29, 0.717) is 11.3 Å². The molecule has 8 aliphatic rings. The number of fused-ring (bicyclic) bond motifs is 4. The lowest BCUT2D eigenvalue weighted by Gasteiger charge is -2.47. The molecule has 0 aliphatic heterocycles. The van der Waals surface area contributed by atoms with E-state index in [1.165, 1.54) is 154 Å². The summed E-state index contributed by atoms with van der Waals surface area (Å²) in [5.74, 6) is 5.52. The van der Waals surface area contributed by atoms with E-state index in [0.717, 1.165) is 35.5 Å². The average molecular weight is 669 g/mol. The smallest absolute Gasteiger partial charge is 0.00347 e. The summed E-state index contributed by atoms with van der Waals surface area (Å²) in [5.41, 5.74) is 16.6. The second kappa shape index (κ2) is 14.4. The van der Waals surface area contributed by atoms with Crippen LogP contribution in [0.1, 0.15) is 185 Å². The van der Waals surface area contributed by atoms with Crippen molar-refractivity contribution in [1.82, 2.24) is 0 Å². The molecule has 9 rings (SSSR count). The van der Waals surface area contributed by atoms with Gasteiger partial charge in [0.2, 0.25) is 0 Å². The van der Waals surface area contributed by atoms with Crippen LogP contribution < -0.4 is 0 Å². The molecule has 6 fully saturated rings. The van der Waals surface area contributed by atoms with Crippen LogP contribution in [0.25, 0.3) is 5.57 Å². The molecule has 0 N–H and O–H groups in total. The molecule has 0 heteroatoms. The summed E-state index contributed by atoms with van der Waals surface area (Å²) in [5, 5.41) is 0. The van der Waals surface area contributed by atoms with Crippen LogP contribution in [0.4, 0.5) is 0 Å². The van der Waals surface area contributed by atoms with Gasteiger partial charge in [-0.15, -0.1) is 0 Å². The Labute approximate surface area is 306 Å². The Bertz CT molecular complexity index is 1580. The Hall–Kier alpha value is -2.08. The highest BCUT2D eigenvalue weighted by atomic mass is 14.5. The Kier molecular flexibility index (Phi) is 9.71. The lowest BCUT2D eigenvalue weighted by atomic mass is 9.57. The van der Waals surface area contributed by atoms with Crippen LogP contribution in [0.5, 0.6) is 0 Å². The zero-order valence-electron chi connectivity index (χ0n) is 32.1. The van der Waals surface area contributed by atoms with Crippen LogP contribution in [-0.2, 0) is 0 Å². The SMILES string of the molecule is CC(C1=C2CCCCC2=C(C2=CC3CCCCC3(C)C=C2)C2CCCCC12)c1ccccc1C(=C1CCCCC1)C1CCC2CCCCC2C1. The van der Waals surface area contributed by atoms with E-state index in [9.17, 15) is 0 Å². The van der Waals surface area contributed by atoms with Gasteiger partial charge < -0.3 is 0 Å². The molecule has 1 aromatic rings. The minimum atomic E-state index is 0.392. The Morgan fingerprint density at radius 2 is 1.40 bits per heavy atom. The monoisotopic (exact) mass is 669 g/mol. The highest BCUT2D eigenvalue weighted by Crippen LogP contribution is 2.58. The minimum Gasteiger partial charge on any atom is -0.0774 e. The molecule has 8 unspecified atom stereocenters. The quantitative estimate of drug-likeness (QED) is 0.293. The molecule has 0 aromatic heterocycles. The van der Waals surface area contributed by atoms with Crippen LogP contribution in [0.15, 0.2) is 75.9 Å². The largest absolute Gasteiger partial charge is 0.0774 e. The van der Waals surface area contributed by atoms with Crippen molar-refractivity contribution in [2.45, 2.75) is 174 Å². The molecule has 8 aliphatic carbocycles. The van der Waals surface area contributed by atoms with Gasteiger partial charge in [0.05, 0.1) is 0 Å². The summed E-state index contributed by atoms with van der Waals surface area (Å²) in [6.07, 6.45) is 42.2. The predicted molar refractivity (Wildman–Crippen MR) is 213 cm³/mol. The van der Waals surface area contributed by atoms with Crippen molar-refractivity contribution in [3.8, 4) is 0 Å². The molecular weight excluding hydrogens is 601 g/mol. The van der Waals surface area contributed by atoms with Crippen molar-refractivity contribution in [2.24, 2.45) is 40.9 Å². The van der Waals surface area contributed by atoms with Crippen molar-refractivity contribution >= 4 is 5.57 Å². The van der Waals surface area contributed by atoms with E-state index < -0.39 is 0 Å². The van der Waals surface area contributed by atoms with Crippen LogP contribution in [0.3, 0.4) is 0 Å². The van der Waals surface area contributed by atoms with E-state index >= 15 is 0 Å². The van der Waals surface area contributed by atoms with Gasteiger partial charge in [0, 0.05) is 5.92 Å². The van der Waals surface area contributed by atoms with E-state index in [2.05, 4.69) is 56.3 Å². The van der Waals surface area contributed by atoms with Crippen molar-refractivity contribution in [3.05, 3.63) is 87.1 Å². The van der Waals surface area contributed by atoms with Crippen molar-refractivity contribution in [3.63, 3.8) is 0 Å². The molecule has 8 atom stereocenters. The normalized spacial score (nSPS) is 36.5. The first-order valence-corrected chi connectivity index (χ1v) is 22.3. The summed E-state index contributed by atoms with van der Waals surface area (Å²) >= 11 is 0. The number of benzene rings is 1.